The molecule has 1 atom stereocenters. The number of morpholine rings is 1. The highest BCUT2D eigenvalue weighted by Crippen LogP contribution is 2.16. The maximum atomic E-state index is 12.5. The molecule has 0 bridgehead atoms. The van der Waals surface area contributed by atoms with E-state index in [0.717, 1.165) is 13.1 Å². The smallest absolute Gasteiger partial charge is 0.163 e. The molecule has 2 aromatic carbocycles. The minimum Gasteiger partial charge on any atom is -0.368 e. The van der Waals surface area contributed by atoms with E-state index in [2.05, 4.69) is 17.0 Å². The van der Waals surface area contributed by atoms with Crippen molar-refractivity contribution < 1.29 is 14.3 Å². The summed E-state index contributed by atoms with van der Waals surface area (Å²) in [5, 5.41) is 0.523. The molecule has 0 saturated carbocycles. The maximum Gasteiger partial charge on any atom is 0.163 e. The highest BCUT2D eigenvalue weighted by molar-refractivity contribution is 6.31. The molecular formula is C21H22ClNO3. The van der Waals surface area contributed by atoms with Crippen LogP contribution in [0.4, 0.5) is 0 Å². The van der Waals surface area contributed by atoms with Crippen molar-refractivity contribution in [3.05, 3.63) is 70.7 Å². The van der Waals surface area contributed by atoms with Crippen molar-refractivity contribution >= 4 is 23.2 Å². The van der Waals surface area contributed by atoms with E-state index in [-0.39, 0.29) is 24.4 Å². The fourth-order valence-electron chi connectivity index (χ4n) is 3.09. The van der Waals surface area contributed by atoms with Gasteiger partial charge in [0.05, 0.1) is 6.61 Å². The van der Waals surface area contributed by atoms with Crippen LogP contribution in [0, 0.1) is 0 Å². The number of Topliss-reactive ketones (excluding diaryl/α,β-unsaturated/α-hetero) is 2. The summed E-state index contributed by atoms with van der Waals surface area (Å²) in [6.07, 6.45) is -0.0907. The summed E-state index contributed by atoms with van der Waals surface area (Å²) in [7, 11) is 0. The number of nitrogens with zero attached hydrogens (tertiary/aromatic N) is 1. The molecule has 2 aromatic rings. The summed E-state index contributed by atoms with van der Waals surface area (Å²) in [5.41, 5.74) is 1.76. The van der Waals surface area contributed by atoms with E-state index in [4.69, 9.17) is 16.3 Å². The summed E-state index contributed by atoms with van der Waals surface area (Å²) in [6, 6.07) is 17.0. The number of ether oxygens (including phenoxy) is 1. The third-order valence-corrected chi connectivity index (χ3v) is 4.74. The van der Waals surface area contributed by atoms with Crippen LogP contribution in [0.3, 0.4) is 0 Å². The number of hydrogen-bond acceptors (Lipinski definition) is 4. The molecule has 0 spiro atoms. The Hall–Kier alpha value is -2.01. The summed E-state index contributed by atoms with van der Waals surface area (Å²) >= 11 is 5.91. The first kappa shape index (κ1) is 18.8. The Bertz CT molecular complexity index is 763. The van der Waals surface area contributed by atoms with Crippen molar-refractivity contribution in [1.29, 1.82) is 0 Å². The molecule has 0 N–H and O–H groups in total. The molecule has 1 aliphatic heterocycles. The molecular weight excluding hydrogens is 350 g/mol. The molecule has 0 aliphatic carbocycles. The van der Waals surface area contributed by atoms with E-state index in [9.17, 15) is 9.59 Å². The Labute approximate surface area is 158 Å². The van der Waals surface area contributed by atoms with E-state index in [1.54, 1.807) is 24.3 Å². The molecule has 1 aliphatic rings. The maximum absolute atomic E-state index is 12.5. The van der Waals surface area contributed by atoms with Gasteiger partial charge in [0.1, 0.15) is 6.10 Å². The van der Waals surface area contributed by atoms with Crippen molar-refractivity contribution in [3.8, 4) is 0 Å². The molecule has 1 heterocycles. The number of rotatable bonds is 7. The average molecular weight is 372 g/mol. The molecule has 0 radical (unpaired) electrons. The van der Waals surface area contributed by atoms with Gasteiger partial charge in [-0.05, 0) is 17.7 Å². The van der Waals surface area contributed by atoms with Gasteiger partial charge in [0.2, 0.25) is 0 Å². The molecule has 0 aromatic heterocycles. The van der Waals surface area contributed by atoms with Crippen molar-refractivity contribution in [2.45, 2.75) is 25.5 Å². The predicted octanol–water partition coefficient (Wildman–Crippen LogP) is 3.77. The summed E-state index contributed by atoms with van der Waals surface area (Å²) in [4.78, 5) is 26.9. The van der Waals surface area contributed by atoms with Crippen LogP contribution in [0.2, 0.25) is 5.02 Å². The predicted molar refractivity (Wildman–Crippen MR) is 101 cm³/mol. The lowest BCUT2D eigenvalue weighted by Crippen LogP contribution is -2.45. The number of benzene rings is 2. The van der Waals surface area contributed by atoms with Crippen LogP contribution in [0.15, 0.2) is 54.6 Å². The zero-order chi connectivity index (χ0) is 18.4. The van der Waals surface area contributed by atoms with Crippen LogP contribution in [-0.2, 0) is 16.1 Å². The Morgan fingerprint density at radius 3 is 2.65 bits per heavy atom. The molecule has 0 amide bonds. The van der Waals surface area contributed by atoms with Gasteiger partial charge in [-0.3, -0.25) is 14.5 Å². The first-order valence-corrected chi connectivity index (χ1v) is 9.19. The third kappa shape index (κ3) is 5.24. The molecule has 26 heavy (non-hydrogen) atoms. The molecule has 1 saturated heterocycles. The minimum absolute atomic E-state index is 0.0156. The molecule has 1 fully saturated rings. The zero-order valence-corrected chi connectivity index (χ0v) is 15.3. The van der Waals surface area contributed by atoms with Gasteiger partial charge in [-0.2, -0.15) is 0 Å². The van der Waals surface area contributed by atoms with Gasteiger partial charge >= 0.3 is 0 Å². The zero-order valence-electron chi connectivity index (χ0n) is 14.6. The fraction of sp³-hybridized carbons (Fsp3) is 0.333. The quantitative estimate of drug-likeness (QED) is 0.695. The van der Waals surface area contributed by atoms with Crippen molar-refractivity contribution in [1.82, 2.24) is 4.90 Å². The molecule has 4 nitrogen and oxygen atoms in total. The van der Waals surface area contributed by atoms with Crippen LogP contribution >= 0.6 is 11.6 Å². The number of carbonyl (C=O) groups excluding carboxylic acids is 2. The standard InChI is InChI=1S/C21H22ClNO3/c22-18-8-4-7-17(13-18)19(24)9-10-20(25)21-15-23(11-12-26-21)14-16-5-2-1-3-6-16/h1-8,13,21H,9-12,14-15H2. The lowest BCUT2D eigenvalue weighted by atomic mass is 10.0. The van der Waals surface area contributed by atoms with Gasteiger partial charge in [0.25, 0.3) is 0 Å². The van der Waals surface area contributed by atoms with Gasteiger partial charge in [-0.1, -0.05) is 54.1 Å². The number of ketones is 2. The normalized spacial score (nSPS) is 17.8. The van der Waals surface area contributed by atoms with Crippen molar-refractivity contribution in [2.24, 2.45) is 0 Å². The van der Waals surface area contributed by atoms with E-state index < -0.39 is 6.10 Å². The van der Waals surface area contributed by atoms with Gasteiger partial charge in [-0.15, -0.1) is 0 Å². The molecule has 3 rings (SSSR count). The summed E-state index contributed by atoms with van der Waals surface area (Å²) < 4.78 is 5.64. The molecule has 5 heteroatoms. The third-order valence-electron chi connectivity index (χ3n) is 4.50. The van der Waals surface area contributed by atoms with Crippen LogP contribution in [0.5, 0.6) is 0 Å². The second-order valence-electron chi connectivity index (χ2n) is 6.48. The van der Waals surface area contributed by atoms with E-state index in [0.29, 0.717) is 23.7 Å². The summed E-state index contributed by atoms with van der Waals surface area (Å²) in [5.74, 6) is -0.0871. The molecule has 136 valence electrons. The second kappa shape index (κ2) is 9.08. The minimum atomic E-state index is -0.459. The lowest BCUT2D eigenvalue weighted by molar-refractivity contribution is -0.136. The first-order chi connectivity index (χ1) is 12.6. The fourth-order valence-corrected chi connectivity index (χ4v) is 3.28. The van der Waals surface area contributed by atoms with Crippen LogP contribution < -0.4 is 0 Å². The number of hydrogen-bond donors (Lipinski definition) is 0. The van der Waals surface area contributed by atoms with Crippen LogP contribution in [0.1, 0.15) is 28.8 Å². The SMILES string of the molecule is O=C(CCC(=O)C1CN(Cc2ccccc2)CCO1)c1cccc(Cl)c1. The largest absolute Gasteiger partial charge is 0.368 e. The lowest BCUT2D eigenvalue weighted by Gasteiger charge is -2.32. The number of carbonyl (C=O) groups is 2. The van der Waals surface area contributed by atoms with Gasteiger partial charge in [0, 0.05) is 43.1 Å². The Morgan fingerprint density at radius 2 is 1.88 bits per heavy atom. The van der Waals surface area contributed by atoms with Gasteiger partial charge in [-0.25, -0.2) is 0 Å². The van der Waals surface area contributed by atoms with E-state index in [1.807, 2.05) is 18.2 Å². The van der Waals surface area contributed by atoms with Crippen molar-refractivity contribution in [2.75, 3.05) is 19.7 Å². The Morgan fingerprint density at radius 1 is 1.08 bits per heavy atom. The highest BCUT2D eigenvalue weighted by Gasteiger charge is 2.26. The monoisotopic (exact) mass is 371 g/mol. The number of halogens is 1. The van der Waals surface area contributed by atoms with Crippen molar-refractivity contribution in [3.63, 3.8) is 0 Å². The van der Waals surface area contributed by atoms with Gasteiger partial charge < -0.3 is 4.74 Å². The van der Waals surface area contributed by atoms with Crippen LogP contribution in [0.25, 0.3) is 0 Å². The molecule has 1 unspecified atom stereocenters. The Kier molecular flexibility index (Phi) is 6.56. The van der Waals surface area contributed by atoms with E-state index >= 15 is 0 Å². The topological polar surface area (TPSA) is 46.6 Å². The van der Waals surface area contributed by atoms with Gasteiger partial charge in [0.15, 0.2) is 11.6 Å². The van der Waals surface area contributed by atoms with Crippen LogP contribution in [-0.4, -0.2) is 42.3 Å². The Balaban J connectivity index is 1.50. The first-order valence-electron chi connectivity index (χ1n) is 8.81. The highest BCUT2D eigenvalue weighted by atomic mass is 35.5. The second-order valence-corrected chi connectivity index (χ2v) is 6.92. The summed E-state index contributed by atoms with van der Waals surface area (Å²) in [6.45, 7) is 2.71. The van der Waals surface area contributed by atoms with E-state index in [1.165, 1.54) is 5.56 Å². The average Bonchev–Trinajstić information content (AvgIpc) is 2.67.